The summed E-state index contributed by atoms with van der Waals surface area (Å²) in [6.07, 6.45) is 0. The SMILES string of the molecule is C=C(Br)CN1C(=O)C(C(C)C)NC(=O)C1c1ccccc1. The summed E-state index contributed by atoms with van der Waals surface area (Å²) in [5.74, 6) is -0.170. The first kappa shape index (κ1) is 15.8. The first-order valence-electron chi connectivity index (χ1n) is 6.91. The predicted molar refractivity (Wildman–Crippen MR) is 85.7 cm³/mol. The van der Waals surface area contributed by atoms with Crippen LogP contribution in [0.1, 0.15) is 25.5 Å². The Morgan fingerprint density at radius 1 is 1.33 bits per heavy atom. The van der Waals surface area contributed by atoms with E-state index in [1.807, 2.05) is 44.2 Å². The van der Waals surface area contributed by atoms with Crippen LogP contribution in [0.2, 0.25) is 0 Å². The van der Waals surface area contributed by atoms with Crippen molar-refractivity contribution < 1.29 is 9.59 Å². The Morgan fingerprint density at radius 2 is 1.95 bits per heavy atom. The number of hydrogen-bond donors (Lipinski definition) is 1. The van der Waals surface area contributed by atoms with E-state index < -0.39 is 12.1 Å². The quantitative estimate of drug-likeness (QED) is 0.907. The third-order valence-corrected chi connectivity index (χ3v) is 3.78. The highest BCUT2D eigenvalue weighted by Gasteiger charge is 2.42. The van der Waals surface area contributed by atoms with Crippen LogP contribution in [0.5, 0.6) is 0 Å². The van der Waals surface area contributed by atoms with Gasteiger partial charge in [0, 0.05) is 4.48 Å². The Kier molecular flexibility index (Phi) is 4.83. The molecule has 2 atom stereocenters. The zero-order valence-corrected chi connectivity index (χ0v) is 13.8. The van der Waals surface area contributed by atoms with E-state index in [1.165, 1.54) is 0 Å². The van der Waals surface area contributed by atoms with Crippen molar-refractivity contribution in [3.05, 3.63) is 47.0 Å². The molecular formula is C16H19BrN2O2. The number of benzene rings is 1. The van der Waals surface area contributed by atoms with Crippen LogP contribution in [0.4, 0.5) is 0 Å². The summed E-state index contributed by atoms with van der Waals surface area (Å²) in [6, 6.07) is 8.24. The van der Waals surface area contributed by atoms with Gasteiger partial charge in [0.05, 0.1) is 6.54 Å². The molecule has 1 aliphatic heterocycles. The number of carbonyl (C=O) groups is 2. The van der Waals surface area contributed by atoms with Gasteiger partial charge >= 0.3 is 0 Å². The molecular weight excluding hydrogens is 332 g/mol. The first-order chi connectivity index (χ1) is 9.91. The summed E-state index contributed by atoms with van der Waals surface area (Å²) in [5.41, 5.74) is 0.805. The van der Waals surface area contributed by atoms with Crippen molar-refractivity contribution in [1.29, 1.82) is 0 Å². The molecule has 1 aromatic rings. The van der Waals surface area contributed by atoms with E-state index in [0.29, 0.717) is 11.0 Å². The van der Waals surface area contributed by atoms with Gasteiger partial charge < -0.3 is 10.2 Å². The second kappa shape index (κ2) is 6.43. The van der Waals surface area contributed by atoms with Crippen LogP contribution in [-0.2, 0) is 9.59 Å². The maximum absolute atomic E-state index is 12.7. The number of carbonyl (C=O) groups excluding carboxylic acids is 2. The third kappa shape index (κ3) is 3.35. The summed E-state index contributed by atoms with van der Waals surface area (Å²) in [7, 11) is 0. The fourth-order valence-electron chi connectivity index (χ4n) is 2.51. The van der Waals surface area contributed by atoms with Crippen LogP contribution in [0.3, 0.4) is 0 Å². The van der Waals surface area contributed by atoms with Gasteiger partial charge in [-0.15, -0.1) is 0 Å². The molecule has 5 heteroatoms. The molecule has 0 aromatic heterocycles. The first-order valence-corrected chi connectivity index (χ1v) is 7.70. The number of nitrogens with zero attached hydrogens (tertiary/aromatic N) is 1. The molecule has 1 N–H and O–H groups in total. The Morgan fingerprint density at radius 3 is 2.48 bits per heavy atom. The Balaban J connectivity index is 2.40. The van der Waals surface area contributed by atoms with E-state index >= 15 is 0 Å². The molecule has 1 fully saturated rings. The molecule has 2 rings (SSSR count). The minimum Gasteiger partial charge on any atom is -0.342 e. The standard InChI is InChI=1S/C16H19BrN2O2/c1-10(2)13-16(21)19(9-11(3)17)14(15(20)18-13)12-7-5-4-6-8-12/h4-8,10,13-14H,3,9H2,1-2H3,(H,18,20). The lowest BCUT2D eigenvalue weighted by molar-refractivity contribution is -0.150. The van der Waals surface area contributed by atoms with E-state index in [1.54, 1.807) is 4.90 Å². The highest BCUT2D eigenvalue weighted by Crippen LogP contribution is 2.28. The fraction of sp³-hybridized carbons (Fsp3) is 0.375. The lowest BCUT2D eigenvalue weighted by atomic mass is 9.94. The molecule has 1 aliphatic rings. The van der Waals surface area contributed by atoms with Crippen molar-refractivity contribution in [2.45, 2.75) is 25.9 Å². The van der Waals surface area contributed by atoms with Gasteiger partial charge in [-0.1, -0.05) is 66.7 Å². The molecule has 0 radical (unpaired) electrons. The Hall–Kier alpha value is -1.62. The van der Waals surface area contributed by atoms with Gasteiger partial charge in [0.15, 0.2) is 0 Å². The van der Waals surface area contributed by atoms with Gasteiger partial charge in [-0.05, 0) is 11.5 Å². The highest BCUT2D eigenvalue weighted by atomic mass is 79.9. The van der Waals surface area contributed by atoms with Gasteiger partial charge in [-0.3, -0.25) is 9.59 Å². The van der Waals surface area contributed by atoms with Crippen molar-refractivity contribution >= 4 is 27.7 Å². The van der Waals surface area contributed by atoms with Gasteiger partial charge in [0.25, 0.3) is 0 Å². The lowest BCUT2D eigenvalue weighted by Gasteiger charge is -2.40. The topological polar surface area (TPSA) is 49.4 Å². The van der Waals surface area contributed by atoms with E-state index in [-0.39, 0.29) is 17.7 Å². The monoisotopic (exact) mass is 350 g/mol. The minimum absolute atomic E-state index is 0.0456. The second-order valence-electron chi connectivity index (χ2n) is 5.53. The molecule has 4 nitrogen and oxygen atoms in total. The number of rotatable bonds is 4. The second-order valence-corrected chi connectivity index (χ2v) is 6.65. The van der Waals surface area contributed by atoms with Crippen LogP contribution in [0.25, 0.3) is 0 Å². The summed E-state index contributed by atoms with van der Waals surface area (Å²) in [6.45, 7) is 7.96. The average molecular weight is 351 g/mol. The lowest BCUT2D eigenvalue weighted by Crippen LogP contribution is -2.61. The summed E-state index contributed by atoms with van der Waals surface area (Å²) < 4.78 is 0.675. The smallest absolute Gasteiger partial charge is 0.248 e. The number of amides is 2. The van der Waals surface area contributed by atoms with Crippen molar-refractivity contribution in [3.8, 4) is 0 Å². The number of hydrogen-bond acceptors (Lipinski definition) is 2. The highest BCUT2D eigenvalue weighted by molar-refractivity contribution is 9.11. The normalized spacial score (nSPS) is 22.4. The maximum Gasteiger partial charge on any atom is 0.248 e. The predicted octanol–water partition coefficient (Wildman–Crippen LogP) is 2.62. The Labute approximate surface area is 133 Å². The van der Waals surface area contributed by atoms with E-state index in [9.17, 15) is 9.59 Å². The van der Waals surface area contributed by atoms with Crippen LogP contribution in [-0.4, -0.2) is 29.3 Å². The van der Waals surface area contributed by atoms with Gasteiger partial charge in [-0.2, -0.15) is 0 Å². The molecule has 0 saturated carbocycles. The van der Waals surface area contributed by atoms with Gasteiger partial charge in [-0.25, -0.2) is 0 Å². The molecule has 21 heavy (non-hydrogen) atoms. The largest absolute Gasteiger partial charge is 0.342 e. The number of halogens is 1. The summed E-state index contributed by atoms with van der Waals surface area (Å²) in [5, 5.41) is 2.84. The molecule has 0 spiro atoms. The number of piperazine rings is 1. The van der Waals surface area contributed by atoms with Crippen LogP contribution < -0.4 is 5.32 Å². The molecule has 0 aliphatic carbocycles. The zero-order valence-electron chi connectivity index (χ0n) is 12.2. The fourth-order valence-corrected chi connectivity index (χ4v) is 2.78. The van der Waals surface area contributed by atoms with Crippen molar-refractivity contribution in [1.82, 2.24) is 10.2 Å². The molecule has 1 saturated heterocycles. The third-order valence-electron chi connectivity index (χ3n) is 3.53. The molecule has 0 bridgehead atoms. The van der Waals surface area contributed by atoms with Crippen LogP contribution in [0.15, 0.2) is 41.4 Å². The summed E-state index contributed by atoms with van der Waals surface area (Å²) in [4.78, 5) is 26.8. The minimum atomic E-state index is -0.608. The molecule has 1 aromatic carbocycles. The molecule has 112 valence electrons. The van der Waals surface area contributed by atoms with Crippen molar-refractivity contribution in [3.63, 3.8) is 0 Å². The van der Waals surface area contributed by atoms with E-state index in [0.717, 1.165) is 5.56 Å². The van der Waals surface area contributed by atoms with E-state index in [2.05, 4.69) is 27.8 Å². The van der Waals surface area contributed by atoms with Gasteiger partial charge in [0.2, 0.25) is 11.8 Å². The van der Waals surface area contributed by atoms with Gasteiger partial charge in [0.1, 0.15) is 12.1 Å². The van der Waals surface area contributed by atoms with Crippen molar-refractivity contribution in [2.75, 3.05) is 6.54 Å². The molecule has 2 unspecified atom stereocenters. The van der Waals surface area contributed by atoms with Crippen LogP contribution >= 0.6 is 15.9 Å². The van der Waals surface area contributed by atoms with Crippen LogP contribution in [0, 0.1) is 5.92 Å². The van der Waals surface area contributed by atoms with Crippen molar-refractivity contribution in [2.24, 2.45) is 5.92 Å². The van der Waals surface area contributed by atoms with E-state index in [4.69, 9.17) is 0 Å². The average Bonchev–Trinajstić information content (AvgIpc) is 2.43. The number of nitrogens with one attached hydrogen (secondary N) is 1. The Bertz CT molecular complexity index is 557. The summed E-state index contributed by atoms with van der Waals surface area (Å²) >= 11 is 3.29. The molecule has 2 amide bonds. The molecule has 1 heterocycles. The zero-order chi connectivity index (χ0) is 15.6. The maximum atomic E-state index is 12.7.